The number of hydrogen-bond acceptors (Lipinski definition) is 4. The van der Waals surface area contributed by atoms with E-state index in [1.807, 2.05) is 6.92 Å². The molecule has 0 fully saturated rings. The summed E-state index contributed by atoms with van der Waals surface area (Å²) in [7, 11) is 3.21. The van der Waals surface area contributed by atoms with Gasteiger partial charge in [0.2, 0.25) is 0 Å². The van der Waals surface area contributed by atoms with E-state index in [9.17, 15) is 0 Å². The van der Waals surface area contributed by atoms with E-state index in [2.05, 4.69) is 11.2 Å². The molecule has 0 rings (SSSR count). The van der Waals surface area contributed by atoms with E-state index >= 15 is 0 Å². The SMILES string of the molecule is C#CC(C)NC(CN)CC(OC)OC. The number of nitrogens with two attached hydrogens (primary N) is 1. The van der Waals surface area contributed by atoms with Crippen LogP contribution in [0.5, 0.6) is 0 Å². The zero-order chi connectivity index (χ0) is 11.0. The minimum atomic E-state index is -0.235. The maximum absolute atomic E-state index is 5.59. The van der Waals surface area contributed by atoms with Crippen LogP contribution in [0.15, 0.2) is 0 Å². The van der Waals surface area contributed by atoms with E-state index in [0.717, 1.165) is 0 Å². The van der Waals surface area contributed by atoms with Gasteiger partial charge in [0.15, 0.2) is 6.29 Å². The van der Waals surface area contributed by atoms with Crippen LogP contribution in [0.1, 0.15) is 13.3 Å². The van der Waals surface area contributed by atoms with Crippen LogP contribution in [0, 0.1) is 12.3 Å². The first-order chi connectivity index (χ1) is 6.67. The molecular formula is C10H20N2O2. The Morgan fingerprint density at radius 1 is 1.43 bits per heavy atom. The van der Waals surface area contributed by atoms with Crippen molar-refractivity contribution in [3.05, 3.63) is 0 Å². The van der Waals surface area contributed by atoms with E-state index in [1.54, 1.807) is 14.2 Å². The quantitative estimate of drug-likeness (QED) is 0.446. The Morgan fingerprint density at radius 2 is 2.00 bits per heavy atom. The smallest absolute Gasteiger partial charge is 0.158 e. The Morgan fingerprint density at radius 3 is 2.36 bits per heavy atom. The summed E-state index contributed by atoms with van der Waals surface area (Å²) < 4.78 is 10.2. The summed E-state index contributed by atoms with van der Waals surface area (Å²) in [5.74, 6) is 2.59. The molecule has 0 aliphatic rings. The second-order valence-electron chi connectivity index (χ2n) is 3.12. The number of terminal acetylenes is 1. The van der Waals surface area contributed by atoms with Crippen molar-refractivity contribution < 1.29 is 9.47 Å². The van der Waals surface area contributed by atoms with Gasteiger partial charge in [-0.15, -0.1) is 6.42 Å². The molecular weight excluding hydrogens is 180 g/mol. The molecule has 0 aromatic heterocycles. The van der Waals surface area contributed by atoms with Crippen LogP contribution in [0.2, 0.25) is 0 Å². The normalized spacial score (nSPS) is 15.1. The Hall–Kier alpha value is -0.600. The largest absolute Gasteiger partial charge is 0.356 e. The lowest BCUT2D eigenvalue weighted by molar-refractivity contribution is -0.110. The zero-order valence-corrected chi connectivity index (χ0v) is 9.12. The monoisotopic (exact) mass is 200 g/mol. The van der Waals surface area contributed by atoms with Crippen molar-refractivity contribution in [2.24, 2.45) is 5.73 Å². The van der Waals surface area contributed by atoms with Crippen molar-refractivity contribution in [3.8, 4) is 12.3 Å². The zero-order valence-electron chi connectivity index (χ0n) is 9.12. The second-order valence-corrected chi connectivity index (χ2v) is 3.12. The lowest BCUT2D eigenvalue weighted by Crippen LogP contribution is -2.43. The maximum atomic E-state index is 5.59. The molecule has 0 amide bonds. The highest BCUT2D eigenvalue weighted by Crippen LogP contribution is 2.02. The summed E-state index contributed by atoms with van der Waals surface area (Å²) >= 11 is 0. The molecule has 2 unspecified atom stereocenters. The van der Waals surface area contributed by atoms with Crippen molar-refractivity contribution in [2.45, 2.75) is 31.7 Å². The van der Waals surface area contributed by atoms with Gasteiger partial charge in [0.25, 0.3) is 0 Å². The summed E-state index contributed by atoms with van der Waals surface area (Å²) in [5, 5.41) is 3.19. The molecule has 0 saturated heterocycles. The fraction of sp³-hybridized carbons (Fsp3) is 0.800. The molecule has 4 nitrogen and oxygen atoms in total. The fourth-order valence-corrected chi connectivity index (χ4v) is 1.15. The van der Waals surface area contributed by atoms with Crippen LogP contribution in [0.3, 0.4) is 0 Å². The van der Waals surface area contributed by atoms with E-state index in [4.69, 9.17) is 21.6 Å². The van der Waals surface area contributed by atoms with Gasteiger partial charge in [-0.25, -0.2) is 0 Å². The van der Waals surface area contributed by atoms with Gasteiger partial charge in [0.05, 0.1) is 6.04 Å². The molecule has 0 aliphatic carbocycles. The van der Waals surface area contributed by atoms with Crippen molar-refractivity contribution >= 4 is 0 Å². The van der Waals surface area contributed by atoms with E-state index in [1.165, 1.54) is 0 Å². The first-order valence-corrected chi connectivity index (χ1v) is 4.65. The lowest BCUT2D eigenvalue weighted by Gasteiger charge is -2.23. The van der Waals surface area contributed by atoms with Crippen LogP contribution >= 0.6 is 0 Å². The summed E-state index contributed by atoms with van der Waals surface area (Å²) in [6.45, 7) is 2.42. The number of hydrogen-bond donors (Lipinski definition) is 2. The van der Waals surface area contributed by atoms with Crippen LogP contribution < -0.4 is 11.1 Å². The molecule has 0 heterocycles. The Balaban J connectivity index is 3.95. The Labute approximate surface area is 86.1 Å². The molecule has 14 heavy (non-hydrogen) atoms. The number of rotatable bonds is 7. The molecule has 0 aliphatic heterocycles. The number of methoxy groups -OCH3 is 2. The first-order valence-electron chi connectivity index (χ1n) is 4.65. The van der Waals surface area contributed by atoms with Gasteiger partial charge in [-0.05, 0) is 6.92 Å². The molecule has 3 N–H and O–H groups in total. The third-order valence-corrected chi connectivity index (χ3v) is 2.02. The van der Waals surface area contributed by atoms with Crippen LogP contribution in [0.25, 0.3) is 0 Å². The molecule has 4 heteroatoms. The number of nitrogens with one attached hydrogen (secondary N) is 1. The highest BCUT2D eigenvalue weighted by atomic mass is 16.7. The summed E-state index contributed by atoms with van der Waals surface area (Å²) in [4.78, 5) is 0. The molecule has 0 saturated carbocycles. The highest BCUT2D eigenvalue weighted by Gasteiger charge is 2.15. The fourth-order valence-electron chi connectivity index (χ4n) is 1.15. The summed E-state index contributed by atoms with van der Waals surface area (Å²) in [5.41, 5.74) is 5.59. The van der Waals surface area contributed by atoms with E-state index in [0.29, 0.717) is 13.0 Å². The molecule has 0 bridgehead atoms. The molecule has 0 spiro atoms. The lowest BCUT2D eigenvalue weighted by atomic mass is 10.1. The predicted molar refractivity (Wildman–Crippen MR) is 56.7 cm³/mol. The molecule has 0 aromatic carbocycles. The third-order valence-electron chi connectivity index (χ3n) is 2.02. The van der Waals surface area contributed by atoms with Gasteiger partial charge in [0.1, 0.15) is 0 Å². The van der Waals surface area contributed by atoms with Gasteiger partial charge < -0.3 is 15.2 Å². The molecule has 0 radical (unpaired) electrons. The van der Waals surface area contributed by atoms with Crippen molar-refractivity contribution in [1.29, 1.82) is 0 Å². The summed E-state index contributed by atoms with van der Waals surface area (Å²) in [6, 6.07) is 0.129. The standard InChI is InChI=1S/C10H20N2O2/c1-5-8(2)12-9(7-11)6-10(13-3)14-4/h1,8-10,12H,6-7,11H2,2-4H3. The molecule has 2 atom stereocenters. The van der Waals surface area contributed by atoms with Gasteiger partial charge in [0, 0.05) is 33.2 Å². The highest BCUT2D eigenvalue weighted by molar-refractivity contribution is 4.97. The predicted octanol–water partition coefficient (Wildman–Crippen LogP) is -0.0660. The van der Waals surface area contributed by atoms with Gasteiger partial charge in [-0.1, -0.05) is 5.92 Å². The number of ether oxygens (including phenoxy) is 2. The summed E-state index contributed by atoms with van der Waals surface area (Å²) in [6.07, 6.45) is 5.71. The minimum Gasteiger partial charge on any atom is -0.356 e. The van der Waals surface area contributed by atoms with Crippen LogP contribution in [-0.4, -0.2) is 39.1 Å². The first kappa shape index (κ1) is 13.4. The van der Waals surface area contributed by atoms with Gasteiger partial charge in [-0.2, -0.15) is 0 Å². The van der Waals surface area contributed by atoms with E-state index < -0.39 is 0 Å². The minimum absolute atomic E-state index is 0.0120. The Bertz CT molecular complexity index is 175. The topological polar surface area (TPSA) is 56.5 Å². The van der Waals surface area contributed by atoms with Crippen LogP contribution in [-0.2, 0) is 9.47 Å². The molecule has 82 valence electrons. The average molecular weight is 200 g/mol. The van der Waals surface area contributed by atoms with E-state index in [-0.39, 0.29) is 18.4 Å². The van der Waals surface area contributed by atoms with Gasteiger partial charge >= 0.3 is 0 Å². The van der Waals surface area contributed by atoms with Gasteiger partial charge in [-0.3, -0.25) is 5.32 Å². The van der Waals surface area contributed by atoms with Crippen LogP contribution in [0.4, 0.5) is 0 Å². The van der Waals surface area contributed by atoms with Crippen molar-refractivity contribution in [1.82, 2.24) is 5.32 Å². The molecule has 0 aromatic rings. The van der Waals surface area contributed by atoms with Crippen molar-refractivity contribution in [2.75, 3.05) is 20.8 Å². The third kappa shape index (κ3) is 5.20. The van der Waals surface area contributed by atoms with Crippen molar-refractivity contribution in [3.63, 3.8) is 0 Å². The second kappa shape index (κ2) is 7.77. The Kier molecular flexibility index (Phi) is 7.44. The maximum Gasteiger partial charge on any atom is 0.158 e. The average Bonchev–Trinajstić information content (AvgIpc) is 2.23.